The molecular weight excluding hydrogens is 262 g/mol. The topological polar surface area (TPSA) is 56.7 Å². The van der Waals surface area contributed by atoms with E-state index in [1.807, 2.05) is 0 Å². The van der Waals surface area contributed by atoms with Crippen molar-refractivity contribution in [2.75, 3.05) is 5.73 Å². The van der Waals surface area contributed by atoms with E-state index in [0.29, 0.717) is 16.9 Å². The Morgan fingerprint density at radius 3 is 2.70 bits per heavy atom. The molecule has 2 heterocycles. The molecule has 0 amide bonds. The molecule has 0 aliphatic heterocycles. The summed E-state index contributed by atoms with van der Waals surface area (Å²) >= 11 is 0. The predicted molar refractivity (Wildman–Crippen MR) is 71.1 cm³/mol. The number of rotatable bonds is 2. The van der Waals surface area contributed by atoms with Gasteiger partial charge in [0.25, 0.3) is 0 Å². The van der Waals surface area contributed by atoms with Crippen molar-refractivity contribution in [3.8, 4) is 16.9 Å². The molecule has 0 saturated heterocycles. The highest BCUT2D eigenvalue weighted by Crippen LogP contribution is 2.27. The Bertz CT molecular complexity index is 767. The molecule has 0 aliphatic carbocycles. The first-order chi connectivity index (χ1) is 9.66. The van der Waals surface area contributed by atoms with E-state index in [-0.39, 0.29) is 5.69 Å². The van der Waals surface area contributed by atoms with Crippen LogP contribution in [0.4, 0.5) is 14.5 Å². The zero-order valence-corrected chi connectivity index (χ0v) is 10.3. The smallest absolute Gasteiger partial charge is 0.147 e. The van der Waals surface area contributed by atoms with Crippen LogP contribution in [0.1, 0.15) is 0 Å². The van der Waals surface area contributed by atoms with Crippen LogP contribution in [0.3, 0.4) is 0 Å². The van der Waals surface area contributed by atoms with Gasteiger partial charge in [0.2, 0.25) is 0 Å². The molecule has 0 unspecified atom stereocenters. The molecule has 0 atom stereocenters. The van der Waals surface area contributed by atoms with E-state index in [2.05, 4.69) is 9.97 Å². The Balaban J connectivity index is 2.21. The number of imidazole rings is 1. The Morgan fingerprint density at radius 2 is 1.90 bits per heavy atom. The van der Waals surface area contributed by atoms with Gasteiger partial charge in [0, 0.05) is 29.7 Å². The zero-order chi connectivity index (χ0) is 14.1. The second-order valence-electron chi connectivity index (χ2n) is 4.21. The van der Waals surface area contributed by atoms with Gasteiger partial charge in [0.1, 0.15) is 11.6 Å². The molecule has 2 aromatic heterocycles. The predicted octanol–water partition coefficient (Wildman–Crippen LogP) is 2.79. The van der Waals surface area contributed by atoms with Crippen LogP contribution in [0.2, 0.25) is 0 Å². The van der Waals surface area contributed by atoms with E-state index >= 15 is 0 Å². The molecule has 3 aromatic rings. The number of benzene rings is 1. The minimum absolute atomic E-state index is 0.0701. The largest absolute Gasteiger partial charge is 0.398 e. The molecule has 20 heavy (non-hydrogen) atoms. The van der Waals surface area contributed by atoms with Crippen molar-refractivity contribution in [2.24, 2.45) is 0 Å². The molecule has 1 aromatic carbocycles. The van der Waals surface area contributed by atoms with Crippen LogP contribution >= 0.6 is 0 Å². The lowest BCUT2D eigenvalue weighted by Crippen LogP contribution is -2.01. The first kappa shape index (κ1) is 12.3. The van der Waals surface area contributed by atoms with Crippen LogP contribution in [0.25, 0.3) is 16.9 Å². The van der Waals surface area contributed by atoms with Crippen molar-refractivity contribution in [3.05, 3.63) is 60.8 Å². The van der Waals surface area contributed by atoms with Gasteiger partial charge in [-0.15, -0.1) is 0 Å². The highest BCUT2D eigenvalue weighted by atomic mass is 19.1. The zero-order valence-electron chi connectivity index (χ0n) is 10.3. The third-order valence-corrected chi connectivity index (χ3v) is 2.94. The van der Waals surface area contributed by atoms with E-state index < -0.39 is 11.6 Å². The van der Waals surface area contributed by atoms with Gasteiger partial charge in [0.05, 0.1) is 23.9 Å². The normalized spacial score (nSPS) is 10.7. The summed E-state index contributed by atoms with van der Waals surface area (Å²) in [5, 5.41) is 0. The van der Waals surface area contributed by atoms with Gasteiger partial charge in [-0.25, -0.2) is 13.8 Å². The molecule has 4 nitrogen and oxygen atoms in total. The van der Waals surface area contributed by atoms with E-state index in [4.69, 9.17) is 5.73 Å². The lowest BCUT2D eigenvalue weighted by atomic mass is 10.2. The highest BCUT2D eigenvalue weighted by Gasteiger charge is 2.13. The lowest BCUT2D eigenvalue weighted by molar-refractivity contribution is 0.593. The van der Waals surface area contributed by atoms with Gasteiger partial charge >= 0.3 is 0 Å². The van der Waals surface area contributed by atoms with E-state index in [1.165, 1.54) is 17.1 Å². The molecule has 6 heteroatoms. The van der Waals surface area contributed by atoms with Crippen molar-refractivity contribution >= 4 is 5.69 Å². The molecule has 0 radical (unpaired) electrons. The Hall–Kier alpha value is -2.76. The Kier molecular flexibility index (Phi) is 2.90. The Labute approximate surface area is 113 Å². The third-order valence-electron chi connectivity index (χ3n) is 2.94. The SMILES string of the molecule is Nc1ccncc1-c1cncn1-c1cc(F)ccc1F. The summed E-state index contributed by atoms with van der Waals surface area (Å²) in [7, 11) is 0. The number of aromatic nitrogens is 3. The highest BCUT2D eigenvalue weighted by molar-refractivity contribution is 5.73. The number of nitrogens with two attached hydrogens (primary N) is 1. The van der Waals surface area contributed by atoms with Crippen LogP contribution in [-0.2, 0) is 0 Å². The molecule has 0 spiro atoms. The minimum Gasteiger partial charge on any atom is -0.398 e. The van der Waals surface area contributed by atoms with Crippen LogP contribution in [0.15, 0.2) is 49.2 Å². The van der Waals surface area contributed by atoms with Crippen molar-refractivity contribution in [1.29, 1.82) is 0 Å². The summed E-state index contributed by atoms with van der Waals surface area (Å²) in [4.78, 5) is 7.96. The summed E-state index contributed by atoms with van der Waals surface area (Å²) < 4.78 is 28.6. The average molecular weight is 272 g/mol. The average Bonchev–Trinajstić information content (AvgIpc) is 2.91. The fraction of sp³-hybridized carbons (Fsp3) is 0. The van der Waals surface area contributed by atoms with Crippen molar-refractivity contribution < 1.29 is 8.78 Å². The molecule has 3 rings (SSSR count). The number of hydrogen-bond acceptors (Lipinski definition) is 3. The summed E-state index contributed by atoms with van der Waals surface area (Å²) in [6.07, 6.45) is 6.04. The summed E-state index contributed by atoms with van der Waals surface area (Å²) in [6.45, 7) is 0. The number of halogens is 2. The fourth-order valence-corrected chi connectivity index (χ4v) is 1.98. The molecule has 0 bridgehead atoms. The quantitative estimate of drug-likeness (QED) is 0.780. The maximum absolute atomic E-state index is 13.9. The number of hydrogen-bond donors (Lipinski definition) is 1. The van der Waals surface area contributed by atoms with Crippen LogP contribution in [0.5, 0.6) is 0 Å². The minimum atomic E-state index is -0.548. The molecule has 0 saturated carbocycles. The van der Waals surface area contributed by atoms with Gasteiger partial charge in [-0.3, -0.25) is 9.55 Å². The summed E-state index contributed by atoms with van der Waals surface area (Å²) in [6, 6.07) is 4.87. The molecule has 2 N–H and O–H groups in total. The monoisotopic (exact) mass is 272 g/mol. The lowest BCUT2D eigenvalue weighted by Gasteiger charge is -2.10. The van der Waals surface area contributed by atoms with Crippen molar-refractivity contribution in [1.82, 2.24) is 14.5 Å². The second-order valence-corrected chi connectivity index (χ2v) is 4.21. The maximum Gasteiger partial charge on any atom is 0.147 e. The molecule has 0 aliphatic rings. The number of nitrogen functional groups attached to an aromatic ring is 1. The second kappa shape index (κ2) is 4.73. The van der Waals surface area contributed by atoms with Crippen LogP contribution < -0.4 is 5.73 Å². The van der Waals surface area contributed by atoms with Gasteiger partial charge in [-0.1, -0.05) is 0 Å². The van der Waals surface area contributed by atoms with Gasteiger partial charge in [-0.2, -0.15) is 0 Å². The molecule has 0 fully saturated rings. The first-order valence-electron chi connectivity index (χ1n) is 5.84. The molecular formula is C14H10F2N4. The van der Waals surface area contributed by atoms with Gasteiger partial charge in [-0.05, 0) is 18.2 Å². The van der Waals surface area contributed by atoms with E-state index in [0.717, 1.165) is 18.2 Å². The van der Waals surface area contributed by atoms with Gasteiger partial charge in [0.15, 0.2) is 0 Å². The summed E-state index contributed by atoms with van der Waals surface area (Å²) in [5.41, 5.74) is 7.58. The summed E-state index contributed by atoms with van der Waals surface area (Å²) in [5.74, 6) is -1.08. The standard InChI is InChI=1S/C14H10F2N4/c15-9-1-2-11(16)13(5-9)20-8-19-7-14(20)10-6-18-4-3-12(10)17/h1-8H,(H2,17,18). The third kappa shape index (κ3) is 2.01. The number of anilines is 1. The van der Waals surface area contributed by atoms with Crippen molar-refractivity contribution in [3.63, 3.8) is 0 Å². The number of pyridine rings is 1. The van der Waals surface area contributed by atoms with Crippen molar-refractivity contribution in [2.45, 2.75) is 0 Å². The fourth-order valence-electron chi connectivity index (χ4n) is 1.98. The van der Waals surface area contributed by atoms with E-state index in [1.54, 1.807) is 18.5 Å². The van der Waals surface area contributed by atoms with Gasteiger partial charge < -0.3 is 5.73 Å². The first-order valence-corrected chi connectivity index (χ1v) is 5.84. The molecule has 100 valence electrons. The van der Waals surface area contributed by atoms with Crippen LogP contribution in [-0.4, -0.2) is 14.5 Å². The van der Waals surface area contributed by atoms with Crippen LogP contribution in [0, 0.1) is 11.6 Å². The maximum atomic E-state index is 13.9. The Morgan fingerprint density at radius 1 is 1.05 bits per heavy atom. The number of nitrogens with zero attached hydrogens (tertiary/aromatic N) is 3. The van der Waals surface area contributed by atoms with E-state index in [9.17, 15) is 8.78 Å².